The maximum Gasteiger partial charge on any atom is 0.118 e. The molecule has 0 aliphatic heterocycles. The second kappa shape index (κ2) is 3.60. The third kappa shape index (κ3) is 2.60. The van der Waals surface area contributed by atoms with E-state index in [1.165, 1.54) is 0 Å². The first-order chi connectivity index (χ1) is 3.79. The van der Waals surface area contributed by atoms with Crippen molar-refractivity contribution in [3.05, 3.63) is 24.0 Å². The fourth-order valence-corrected chi connectivity index (χ4v) is 0.531. The maximum atomic E-state index is 8.77. The van der Waals surface area contributed by atoms with Crippen LogP contribution < -0.4 is 0 Å². The van der Waals surface area contributed by atoms with Gasteiger partial charge < -0.3 is 5.11 Å². The normalized spacial score (nSPS) is 8.11. The van der Waals surface area contributed by atoms with Crippen LogP contribution in [0, 0.1) is 6.92 Å². The Kier molecular flexibility index (Phi) is 3.45. The van der Waals surface area contributed by atoms with Crippen LogP contribution in [0.25, 0.3) is 0 Å². The minimum absolute atomic E-state index is 0. The van der Waals surface area contributed by atoms with Crippen molar-refractivity contribution < 1.29 is 25.5 Å². The zero-order chi connectivity index (χ0) is 5.98. The molecular weight excluding hydrogens is 288 g/mol. The molecule has 0 saturated carbocycles. The van der Waals surface area contributed by atoms with Crippen molar-refractivity contribution >= 4 is 0 Å². The Morgan fingerprint density at radius 2 is 2.22 bits per heavy atom. The molecule has 1 rings (SSSR count). The third-order valence-corrected chi connectivity index (χ3v) is 0.880. The predicted molar refractivity (Wildman–Crippen MR) is 30.6 cm³/mol. The molecule has 3 heteroatoms. The van der Waals surface area contributed by atoms with Crippen molar-refractivity contribution in [1.29, 1.82) is 0 Å². The number of nitrogens with zero attached hydrogens (tertiary/aromatic N) is 1. The van der Waals surface area contributed by atoms with Crippen LogP contribution in [0.4, 0.5) is 0 Å². The monoisotopic (exact) mass is 296 g/mol. The van der Waals surface area contributed by atoms with Crippen LogP contribution in [-0.2, 0) is 20.4 Å². The number of hydrogen-bond acceptors (Lipinski definition) is 2. The average molecular weight is 295 g/mol. The van der Waals surface area contributed by atoms with Crippen LogP contribution in [0.2, 0.25) is 0 Å². The zero-order valence-electron chi connectivity index (χ0n) is 5.00. The Balaban J connectivity index is 0.000000640. The van der Waals surface area contributed by atoms with E-state index in [0.29, 0.717) is 0 Å². The summed E-state index contributed by atoms with van der Waals surface area (Å²) in [5, 5.41) is 8.77. The molecule has 1 heterocycles. The van der Waals surface area contributed by atoms with Gasteiger partial charge in [-0.2, -0.15) is 0 Å². The summed E-state index contributed by atoms with van der Waals surface area (Å²) < 4.78 is 0. The van der Waals surface area contributed by atoms with Crippen LogP contribution in [-0.4, -0.2) is 10.1 Å². The number of rotatable bonds is 0. The fourth-order valence-electron chi connectivity index (χ4n) is 0.531. The summed E-state index contributed by atoms with van der Waals surface area (Å²) in [5.41, 5.74) is 0.838. The van der Waals surface area contributed by atoms with Gasteiger partial charge in [-0.1, -0.05) is 0 Å². The Morgan fingerprint density at radius 1 is 1.56 bits per heavy atom. The van der Waals surface area contributed by atoms with Crippen molar-refractivity contribution in [2.45, 2.75) is 6.92 Å². The molecule has 0 aromatic carbocycles. The van der Waals surface area contributed by atoms with Gasteiger partial charge in [0.15, 0.2) is 0 Å². The van der Waals surface area contributed by atoms with Crippen molar-refractivity contribution in [3.8, 4) is 5.75 Å². The van der Waals surface area contributed by atoms with Crippen molar-refractivity contribution in [3.63, 3.8) is 0 Å². The summed E-state index contributed by atoms with van der Waals surface area (Å²) in [5.74, 6) is 0.275. The number of pyridine rings is 1. The molecule has 0 atom stereocenters. The minimum atomic E-state index is 0. The Hall–Kier alpha value is -0.388. The maximum absolute atomic E-state index is 8.77. The molecular formula is C6H7NORe. The first-order valence-corrected chi connectivity index (χ1v) is 2.40. The Labute approximate surface area is 67.6 Å². The van der Waals surface area contributed by atoms with E-state index in [4.69, 9.17) is 5.11 Å². The van der Waals surface area contributed by atoms with Crippen molar-refractivity contribution in [2.24, 2.45) is 0 Å². The quantitative estimate of drug-likeness (QED) is 0.777. The van der Waals surface area contributed by atoms with Gasteiger partial charge in [0.1, 0.15) is 5.75 Å². The minimum Gasteiger partial charge on any atom is -0.508 e. The van der Waals surface area contributed by atoms with Gasteiger partial charge in [0.05, 0.1) is 0 Å². The second-order valence-corrected chi connectivity index (χ2v) is 1.66. The Morgan fingerprint density at radius 3 is 2.56 bits per heavy atom. The van der Waals surface area contributed by atoms with Crippen LogP contribution in [0.15, 0.2) is 18.3 Å². The van der Waals surface area contributed by atoms with Gasteiger partial charge in [-0.15, -0.1) is 0 Å². The number of hydrogen-bond donors (Lipinski definition) is 1. The van der Waals surface area contributed by atoms with Gasteiger partial charge in [-0.25, -0.2) is 0 Å². The molecule has 0 aliphatic rings. The molecule has 1 aromatic rings. The molecule has 49 valence electrons. The predicted octanol–water partition coefficient (Wildman–Crippen LogP) is 1.09. The van der Waals surface area contributed by atoms with Gasteiger partial charge >= 0.3 is 0 Å². The van der Waals surface area contributed by atoms with Gasteiger partial charge in [0.25, 0.3) is 0 Å². The largest absolute Gasteiger partial charge is 0.508 e. The third-order valence-electron chi connectivity index (χ3n) is 0.880. The molecule has 0 spiro atoms. The van der Waals surface area contributed by atoms with Gasteiger partial charge in [0, 0.05) is 38.4 Å². The molecule has 0 unspecified atom stereocenters. The summed E-state index contributed by atoms with van der Waals surface area (Å²) >= 11 is 0. The summed E-state index contributed by atoms with van der Waals surface area (Å²) in [6.45, 7) is 1.83. The average Bonchev–Trinajstić information content (AvgIpc) is 1.64. The molecule has 2 nitrogen and oxygen atoms in total. The molecule has 0 fully saturated rings. The van der Waals surface area contributed by atoms with E-state index < -0.39 is 0 Å². The van der Waals surface area contributed by atoms with Crippen LogP contribution in [0.3, 0.4) is 0 Å². The van der Waals surface area contributed by atoms with Crippen LogP contribution in [0.1, 0.15) is 5.69 Å². The van der Waals surface area contributed by atoms with E-state index in [0.717, 1.165) is 5.69 Å². The van der Waals surface area contributed by atoms with Crippen LogP contribution in [0.5, 0.6) is 5.75 Å². The topological polar surface area (TPSA) is 33.1 Å². The smallest absolute Gasteiger partial charge is 0.118 e. The standard InChI is InChI=1S/C6H7NO.Re/c1-5-4-6(8)2-3-7-5;/h2-4H,1H3,(H,7,8);. The summed E-state index contributed by atoms with van der Waals surface area (Å²) in [7, 11) is 0. The van der Waals surface area contributed by atoms with E-state index in [2.05, 4.69) is 4.98 Å². The SMILES string of the molecule is Cc1cc(O)ccn1.[Re]. The number of aromatic hydroxyl groups is 1. The van der Waals surface area contributed by atoms with E-state index in [1.54, 1.807) is 18.3 Å². The van der Waals surface area contributed by atoms with E-state index in [9.17, 15) is 0 Å². The molecule has 0 aliphatic carbocycles. The van der Waals surface area contributed by atoms with Gasteiger partial charge in [0.2, 0.25) is 0 Å². The molecule has 0 bridgehead atoms. The first-order valence-electron chi connectivity index (χ1n) is 2.40. The molecule has 1 N–H and O–H groups in total. The Bertz CT molecular complexity index is 173. The molecule has 1 aromatic heterocycles. The second-order valence-electron chi connectivity index (χ2n) is 1.66. The molecule has 0 amide bonds. The van der Waals surface area contributed by atoms with Crippen LogP contribution >= 0.6 is 0 Å². The van der Waals surface area contributed by atoms with Crippen molar-refractivity contribution in [2.75, 3.05) is 0 Å². The van der Waals surface area contributed by atoms with Gasteiger partial charge in [-0.05, 0) is 13.0 Å². The first kappa shape index (κ1) is 8.61. The summed E-state index contributed by atoms with van der Waals surface area (Å²) in [6, 6.07) is 3.16. The fraction of sp³-hybridized carbons (Fsp3) is 0.167. The zero-order valence-corrected chi connectivity index (χ0v) is 7.72. The number of aryl methyl sites for hydroxylation is 1. The summed E-state index contributed by atoms with van der Waals surface area (Å²) in [4.78, 5) is 3.88. The number of aromatic nitrogens is 1. The van der Waals surface area contributed by atoms with E-state index in [-0.39, 0.29) is 26.2 Å². The molecule has 1 radical (unpaired) electrons. The summed E-state index contributed by atoms with van der Waals surface area (Å²) in [6.07, 6.45) is 1.57. The van der Waals surface area contributed by atoms with E-state index >= 15 is 0 Å². The molecule has 0 saturated heterocycles. The van der Waals surface area contributed by atoms with Gasteiger partial charge in [-0.3, -0.25) is 4.98 Å². The molecule has 9 heavy (non-hydrogen) atoms. The van der Waals surface area contributed by atoms with E-state index in [1.807, 2.05) is 6.92 Å². The van der Waals surface area contributed by atoms with Crippen molar-refractivity contribution in [1.82, 2.24) is 4.98 Å².